The molecule has 0 spiro atoms. The number of esters is 1. The second-order valence-electron chi connectivity index (χ2n) is 6.01. The van der Waals surface area contributed by atoms with Gasteiger partial charge in [0.25, 0.3) is 5.91 Å². The van der Waals surface area contributed by atoms with E-state index < -0.39 is 5.91 Å². The molecule has 0 aliphatic carbocycles. The van der Waals surface area contributed by atoms with Crippen molar-refractivity contribution in [1.82, 2.24) is 5.32 Å². The largest absolute Gasteiger partial charge is 0.493 e. The van der Waals surface area contributed by atoms with E-state index in [-0.39, 0.29) is 17.7 Å². The number of nitrogens with one attached hydrogen (secondary N) is 2. The van der Waals surface area contributed by atoms with Crippen molar-refractivity contribution < 1.29 is 23.8 Å². The predicted octanol–water partition coefficient (Wildman–Crippen LogP) is 3.54. The number of unbranched alkanes of at least 4 members (excludes halogenated alkanes) is 1. The highest BCUT2D eigenvalue weighted by Gasteiger charge is 2.10. The van der Waals surface area contributed by atoms with Crippen LogP contribution in [0.2, 0.25) is 0 Å². The fourth-order valence-electron chi connectivity index (χ4n) is 2.29. The van der Waals surface area contributed by atoms with Gasteiger partial charge in [0.2, 0.25) is 0 Å². The maximum atomic E-state index is 12.0. The fourth-order valence-corrected chi connectivity index (χ4v) is 2.52. The number of methoxy groups -OCH3 is 1. The Hall–Kier alpha value is -3.13. The van der Waals surface area contributed by atoms with Crippen molar-refractivity contribution in [3.8, 4) is 11.5 Å². The lowest BCUT2D eigenvalue weighted by molar-refractivity contribution is -0.121. The summed E-state index contributed by atoms with van der Waals surface area (Å²) in [7, 11) is 1.53. The lowest BCUT2D eigenvalue weighted by Gasteiger charge is -2.12. The van der Waals surface area contributed by atoms with Gasteiger partial charge in [-0.05, 0) is 55.0 Å². The van der Waals surface area contributed by atoms with Crippen LogP contribution in [0.25, 0.3) is 0 Å². The Bertz CT molecular complexity index is 839. The van der Waals surface area contributed by atoms with Crippen LogP contribution in [0.5, 0.6) is 11.5 Å². The SMILES string of the molecule is CCCCOC(=O)c1ccc(NC(=S)NC(=O)COc2ccccc2OC)cc1. The average molecular weight is 416 g/mol. The molecule has 154 valence electrons. The summed E-state index contributed by atoms with van der Waals surface area (Å²) in [5, 5.41) is 5.53. The minimum Gasteiger partial charge on any atom is -0.493 e. The van der Waals surface area contributed by atoms with Crippen molar-refractivity contribution in [1.29, 1.82) is 0 Å². The zero-order chi connectivity index (χ0) is 21.1. The minimum absolute atomic E-state index is 0.122. The molecule has 0 aromatic heterocycles. The average Bonchev–Trinajstić information content (AvgIpc) is 2.73. The third-order valence-electron chi connectivity index (χ3n) is 3.79. The second-order valence-corrected chi connectivity index (χ2v) is 6.42. The number of hydrogen-bond acceptors (Lipinski definition) is 6. The summed E-state index contributed by atoms with van der Waals surface area (Å²) in [6.07, 6.45) is 1.79. The number of para-hydroxylation sites is 2. The number of carbonyl (C=O) groups excluding carboxylic acids is 2. The number of rotatable bonds is 9. The summed E-state index contributed by atoms with van der Waals surface area (Å²) in [5.74, 6) is 0.221. The van der Waals surface area contributed by atoms with Crippen LogP contribution in [0.1, 0.15) is 30.1 Å². The standard InChI is InChI=1S/C21H24N2O5S/c1-3-4-13-27-20(25)15-9-11-16(12-10-15)22-21(29)23-19(24)14-28-18-8-6-5-7-17(18)26-2/h5-12H,3-4,13-14H2,1-2H3,(H2,22,23,24,29). The van der Waals surface area contributed by atoms with Crippen LogP contribution in [0.4, 0.5) is 5.69 Å². The number of ether oxygens (including phenoxy) is 3. The molecule has 0 atom stereocenters. The zero-order valence-electron chi connectivity index (χ0n) is 16.4. The molecular formula is C21H24N2O5S. The van der Waals surface area contributed by atoms with Crippen LogP contribution in [0.3, 0.4) is 0 Å². The molecule has 0 saturated heterocycles. The molecule has 0 radical (unpaired) electrons. The number of hydrogen-bond donors (Lipinski definition) is 2. The van der Waals surface area contributed by atoms with Crippen molar-refractivity contribution in [2.45, 2.75) is 19.8 Å². The van der Waals surface area contributed by atoms with Gasteiger partial charge in [-0.15, -0.1) is 0 Å². The Morgan fingerprint density at radius 1 is 1.03 bits per heavy atom. The molecule has 2 N–H and O–H groups in total. The van der Waals surface area contributed by atoms with Gasteiger partial charge in [-0.3, -0.25) is 10.1 Å². The summed E-state index contributed by atoms with van der Waals surface area (Å²) >= 11 is 5.13. The van der Waals surface area contributed by atoms with E-state index in [2.05, 4.69) is 10.6 Å². The van der Waals surface area contributed by atoms with Gasteiger partial charge in [-0.25, -0.2) is 4.79 Å². The molecule has 0 saturated carbocycles. The van der Waals surface area contributed by atoms with Gasteiger partial charge < -0.3 is 19.5 Å². The first-order valence-electron chi connectivity index (χ1n) is 9.17. The van der Waals surface area contributed by atoms with E-state index in [9.17, 15) is 9.59 Å². The molecule has 1 amide bonds. The third-order valence-corrected chi connectivity index (χ3v) is 3.99. The molecule has 2 aromatic carbocycles. The number of anilines is 1. The van der Waals surface area contributed by atoms with Gasteiger partial charge in [0.15, 0.2) is 23.2 Å². The van der Waals surface area contributed by atoms with Crippen molar-refractivity contribution >= 4 is 34.9 Å². The predicted molar refractivity (Wildman–Crippen MR) is 114 cm³/mol. The first-order chi connectivity index (χ1) is 14.0. The highest BCUT2D eigenvalue weighted by Crippen LogP contribution is 2.25. The highest BCUT2D eigenvalue weighted by molar-refractivity contribution is 7.80. The van der Waals surface area contributed by atoms with Crippen molar-refractivity contribution in [3.05, 3.63) is 54.1 Å². The van der Waals surface area contributed by atoms with Crippen molar-refractivity contribution in [2.75, 3.05) is 25.6 Å². The van der Waals surface area contributed by atoms with Crippen molar-refractivity contribution in [2.24, 2.45) is 0 Å². The van der Waals surface area contributed by atoms with E-state index in [4.69, 9.17) is 26.4 Å². The maximum Gasteiger partial charge on any atom is 0.338 e. The van der Waals surface area contributed by atoms with Crippen LogP contribution in [0.15, 0.2) is 48.5 Å². The van der Waals surface area contributed by atoms with Crippen LogP contribution in [-0.4, -0.2) is 37.3 Å². The molecule has 0 bridgehead atoms. The summed E-state index contributed by atoms with van der Waals surface area (Å²) in [5.41, 5.74) is 1.08. The topological polar surface area (TPSA) is 85.9 Å². The molecule has 2 aromatic rings. The Labute approximate surface area is 175 Å². The Kier molecular flexibility index (Phi) is 8.91. The quantitative estimate of drug-likeness (QED) is 0.367. The zero-order valence-corrected chi connectivity index (χ0v) is 17.2. The van der Waals surface area contributed by atoms with Gasteiger partial charge in [0.05, 0.1) is 19.3 Å². The lowest BCUT2D eigenvalue weighted by atomic mass is 10.2. The number of carbonyl (C=O) groups is 2. The maximum absolute atomic E-state index is 12.0. The Morgan fingerprint density at radius 3 is 2.38 bits per heavy atom. The van der Waals surface area contributed by atoms with Gasteiger partial charge >= 0.3 is 5.97 Å². The summed E-state index contributed by atoms with van der Waals surface area (Å²) in [6.45, 7) is 2.22. The molecule has 0 unspecified atom stereocenters. The lowest BCUT2D eigenvalue weighted by Crippen LogP contribution is -2.37. The van der Waals surface area contributed by atoms with Crippen LogP contribution in [0, 0.1) is 0 Å². The Balaban J connectivity index is 1.79. The van der Waals surface area contributed by atoms with Crippen molar-refractivity contribution in [3.63, 3.8) is 0 Å². The summed E-state index contributed by atoms with van der Waals surface area (Å²) in [6, 6.07) is 13.7. The molecule has 0 aliphatic heterocycles. The van der Waals surface area contributed by atoms with Gasteiger partial charge in [0.1, 0.15) is 0 Å². The number of thiocarbonyl (C=S) groups is 1. The highest BCUT2D eigenvalue weighted by atomic mass is 32.1. The first-order valence-corrected chi connectivity index (χ1v) is 9.58. The van der Waals surface area contributed by atoms with E-state index in [0.29, 0.717) is 29.4 Å². The molecule has 0 heterocycles. The third kappa shape index (κ3) is 7.42. The van der Waals surface area contributed by atoms with E-state index in [0.717, 1.165) is 12.8 Å². The van der Waals surface area contributed by atoms with Crippen LogP contribution < -0.4 is 20.1 Å². The van der Waals surface area contributed by atoms with Gasteiger partial charge in [-0.2, -0.15) is 0 Å². The number of amides is 1. The molecular weight excluding hydrogens is 392 g/mol. The molecule has 0 fully saturated rings. The normalized spacial score (nSPS) is 10.0. The van der Waals surface area contributed by atoms with Gasteiger partial charge in [-0.1, -0.05) is 25.5 Å². The molecule has 8 heteroatoms. The Morgan fingerprint density at radius 2 is 1.72 bits per heavy atom. The molecule has 0 aliphatic rings. The second kappa shape index (κ2) is 11.7. The molecule has 7 nitrogen and oxygen atoms in total. The smallest absolute Gasteiger partial charge is 0.338 e. The minimum atomic E-state index is -0.412. The first kappa shape index (κ1) is 22.2. The molecule has 29 heavy (non-hydrogen) atoms. The van der Waals surface area contributed by atoms with Gasteiger partial charge in [0, 0.05) is 5.69 Å². The fraction of sp³-hybridized carbons (Fsp3) is 0.286. The summed E-state index contributed by atoms with van der Waals surface area (Å²) < 4.78 is 15.8. The van der Waals surface area contributed by atoms with E-state index in [1.165, 1.54) is 7.11 Å². The molecule has 2 rings (SSSR count). The van der Waals surface area contributed by atoms with E-state index in [1.807, 2.05) is 6.92 Å². The number of benzene rings is 2. The summed E-state index contributed by atoms with van der Waals surface area (Å²) in [4.78, 5) is 23.9. The van der Waals surface area contributed by atoms with Crippen LogP contribution >= 0.6 is 12.2 Å². The van der Waals surface area contributed by atoms with E-state index >= 15 is 0 Å². The van der Waals surface area contributed by atoms with E-state index in [1.54, 1.807) is 48.5 Å². The van der Waals surface area contributed by atoms with Crippen LogP contribution in [-0.2, 0) is 9.53 Å². The monoisotopic (exact) mass is 416 g/mol.